The summed E-state index contributed by atoms with van der Waals surface area (Å²) in [6, 6.07) is 0.702. The molecule has 5 rings (SSSR count). The minimum Gasteiger partial charge on any atom is -0.377 e. The maximum atomic E-state index is 5.69. The van der Waals surface area contributed by atoms with Gasteiger partial charge in [0.25, 0.3) is 0 Å². The summed E-state index contributed by atoms with van der Waals surface area (Å²) in [4.78, 5) is 20.3. The lowest BCUT2D eigenvalue weighted by molar-refractivity contribution is 0.0898. The lowest BCUT2D eigenvalue weighted by atomic mass is 10.2. The van der Waals surface area contributed by atoms with Gasteiger partial charge < -0.3 is 15.4 Å². The van der Waals surface area contributed by atoms with Gasteiger partial charge in [-0.15, -0.1) is 11.3 Å². The second-order valence-electron chi connectivity index (χ2n) is 6.29. The minimum absolute atomic E-state index is 0.257. The Balaban J connectivity index is 0.000000872. The van der Waals surface area contributed by atoms with Crippen molar-refractivity contribution in [2.24, 2.45) is 0 Å². The molecule has 3 aromatic heterocycles. The Morgan fingerprint density at radius 1 is 1.15 bits per heavy atom. The molecule has 27 heavy (non-hydrogen) atoms. The fourth-order valence-electron chi connectivity index (χ4n) is 3.61. The molecule has 0 radical (unpaired) electrons. The van der Waals surface area contributed by atoms with E-state index in [9.17, 15) is 0 Å². The SMILES string of the molecule is CC.Nc1ncc(-c2nc(N3C4CCC3COC4)nc3c(Br)csc23)cn1. The number of halogens is 1. The van der Waals surface area contributed by atoms with Gasteiger partial charge in [0.2, 0.25) is 11.9 Å². The summed E-state index contributed by atoms with van der Waals surface area (Å²) < 4.78 is 7.69. The van der Waals surface area contributed by atoms with Gasteiger partial charge in [0.1, 0.15) is 5.52 Å². The lowest BCUT2D eigenvalue weighted by Gasteiger charge is -2.34. The van der Waals surface area contributed by atoms with E-state index in [1.165, 1.54) is 0 Å². The van der Waals surface area contributed by atoms with Crippen molar-refractivity contribution in [3.05, 3.63) is 22.2 Å². The van der Waals surface area contributed by atoms with Gasteiger partial charge >= 0.3 is 0 Å². The van der Waals surface area contributed by atoms with Crippen molar-refractivity contribution in [2.75, 3.05) is 23.8 Å². The summed E-state index contributed by atoms with van der Waals surface area (Å²) in [5.74, 6) is 1.02. The van der Waals surface area contributed by atoms with Gasteiger partial charge in [-0.3, -0.25) is 0 Å². The highest BCUT2D eigenvalue weighted by Crippen LogP contribution is 2.39. The average Bonchev–Trinajstić information content (AvgIpc) is 3.19. The van der Waals surface area contributed by atoms with Crippen LogP contribution in [-0.4, -0.2) is 45.2 Å². The molecule has 2 unspecified atom stereocenters. The zero-order chi connectivity index (χ0) is 19.0. The first-order valence-corrected chi connectivity index (χ1v) is 10.8. The molecule has 5 heterocycles. The first-order chi connectivity index (χ1) is 13.2. The summed E-state index contributed by atoms with van der Waals surface area (Å²) in [6.45, 7) is 5.48. The maximum absolute atomic E-state index is 5.69. The van der Waals surface area contributed by atoms with Crippen LogP contribution in [0.15, 0.2) is 22.2 Å². The highest BCUT2D eigenvalue weighted by molar-refractivity contribution is 9.10. The van der Waals surface area contributed by atoms with Crippen molar-refractivity contribution < 1.29 is 4.74 Å². The molecular weight excluding hydrogens is 428 g/mol. The monoisotopic (exact) mass is 448 g/mol. The Bertz CT molecular complexity index is 931. The van der Waals surface area contributed by atoms with E-state index in [1.54, 1.807) is 23.7 Å². The van der Waals surface area contributed by atoms with Crippen LogP contribution in [0.2, 0.25) is 0 Å². The molecule has 0 spiro atoms. The molecule has 2 aliphatic heterocycles. The van der Waals surface area contributed by atoms with Gasteiger partial charge in [-0.1, -0.05) is 13.8 Å². The highest BCUT2D eigenvalue weighted by Gasteiger charge is 2.39. The third-order valence-corrected chi connectivity index (χ3v) is 6.66. The number of hydrogen-bond acceptors (Lipinski definition) is 8. The second-order valence-corrected chi connectivity index (χ2v) is 8.03. The Hall–Kier alpha value is -1.84. The van der Waals surface area contributed by atoms with E-state index in [0.29, 0.717) is 12.1 Å². The Labute approximate surface area is 170 Å². The number of anilines is 2. The van der Waals surface area contributed by atoms with Crippen LogP contribution in [0, 0.1) is 0 Å². The standard InChI is InChI=1S/C16H15BrN6OS.C2H6/c17-11-7-25-14-12(8-3-19-15(18)20-4-8)21-16(22-13(11)14)23-9-1-2-10(23)6-24-5-9;1-2/h3-4,7,9-10H,1-2,5-6H2,(H2,18,19,20);1-2H3. The van der Waals surface area contributed by atoms with Crippen molar-refractivity contribution in [2.45, 2.75) is 38.8 Å². The number of nitrogen functional groups attached to an aromatic ring is 1. The Morgan fingerprint density at radius 2 is 1.81 bits per heavy atom. The largest absolute Gasteiger partial charge is 0.377 e. The van der Waals surface area contributed by atoms with Crippen molar-refractivity contribution >= 4 is 49.4 Å². The van der Waals surface area contributed by atoms with E-state index in [0.717, 1.165) is 58.0 Å². The Kier molecular flexibility index (Phi) is 5.25. The van der Waals surface area contributed by atoms with E-state index in [1.807, 2.05) is 19.2 Å². The van der Waals surface area contributed by atoms with Gasteiger partial charge in [0, 0.05) is 23.3 Å². The normalized spacial score (nSPS) is 21.2. The van der Waals surface area contributed by atoms with Crippen LogP contribution in [0.4, 0.5) is 11.9 Å². The summed E-state index contributed by atoms with van der Waals surface area (Å²) in [7, 11) is 0. The molecule has 7 nitrogen and oxygen atoms in total. The number of morpholine rings is 1. The fraction of sp³-hybridized carbons (Fsp3) is 0.444. The number of nitrogens with zero attached hydrogens (tertiary/aromatic N) is 5. The number of ether oxygens (including phenoxy) is 1. The molecular formula is C18H21BrN6OS. The zero-order valence-corrected chi connectivity index (χ0v) is 17.6. The fourth-order valence-corrected chi connectivity index (χ4v) is 5.18. The van der Waals surface area contributed by atoms with Gasteiger partial charge in [-0.25, -0.2) is 19.9 Å². The highest BCUT2D eigenvalue weighted by atomic mass is 79.9. The average molecular weight is 449 g/mol. The van der Waals surface area contributed by atoms with E-state index in [4.69, 9.17) is 20.4 Å². The molecule has 3 aromatic rings. The van der Waals surface area contributed by atoms with E-state index in [2.05, 4.69) is 30.8 Å². The Morgan fingerprint density at radius 3 is 2.48 bits per heavy atom. The van der Waals surface area contributed by atoms with Gasteiger partial charge in [-0.05, 0) is 28.8 Å². The number of hydrogen-bond donors (Lipinski definition) is 1. The number of fused-ring (bicyclic) bond motifs is 3. The number of nitrogens with two attached hydrogens (primary N) is 1. The van der Waals surface area contributed by atoms with E-state index in [-0.39, 0.29) is 5.95 Å². The molecule has 2 N–H and O–H groups in total. The topological polar surface area (TPSA) is 90.0 Å². The molecule has 2 aliphatic rings. The number of rotatable bonds is 2. The van der Waals surface area contributed by atoms with Crippen LogP contribution in [-0.2, 0) is 4.74 Å². The second kappa shape index (κ2) is 7.65. The first kappa shape index (κ1) is 18.5. The molecule has 0 saturated carbocycles. The summed E-state index contributed by atoms with van der Waals surface area (Å²) in [6.07, 6.45) is 5.68. The van der Waals surface area contributed by atoms with Crippen LogP contribution in [0.3, 0.4) is 0 Å². The lowest BCUT2D eigenvalue weighted by Crippen LogP contribution is -2.46. The van der Waals surface area contributed by atoms with Crippen LogP contribution < -0.4 is 10.6 Å². The minimum atomic E-state index is 0.257. The van der Waals surface area contributed by atoms with Crippen LogP contribution in [0.1, 0.15) is 26.7 Å². The quantitative estimate of drug-likeness (QED) is 0.635. The van der Waals surface area contributed by atoms with Gasteiger partial charge in [0.15, 0.2) is 0 Å². The van der Waals surface area contributed by atoms with Crippen LogP contribution >= 0.6 is 27.3 Å². The molecule has 0 aliphatic carbocycles. The predicted octanol–water partition coefficient (Wildman–Crippen LogP) is 3.89. The molecule has 0 amide bonds. The molecule has 142 valence electrons. The molecule has 9 heteroatoms. The molecule has 0 aromatic carbocycles. The van der Waals surface area contributed by atoms with Crippen molar-refractivity contribution in [1.82, 2.24) is 19.9 Å². The van der Waals surface area contributed by atoms with Gasteiger partial charge in [-0.2, -0.15) is 0 Å². The summed E-state index contributed by atoms with van der Waals surface area (Å²) in [5, 5.41) is 2.04. The number of aromatic nitrogens is 4. The van der Waals surface area contributed by atoms with Crippen molar-refractivity contribution in [3.8, 4) is 11.3 Å². The number of thiophene rings is 1. The third-order valence-electron chi connectivity index (χ3n) is 4.78. The van der Waals surface area contributed by atoms with E-state index < -0.39 is 0 Å². The van der Waals surface area contributed by atoms with Crippen molar-refractivity contribution in [3.63, 3.8) is 0 Å². The van der Waals surface area contributed by atoms with Crippen molar-refractivity contribution in [1.29, 1.82) is 0 Å². The molecule has 2 fully saturated rings. The molecule has 2 atom stereocenters. The smallest absolute Gasteiger partial charge is 0.227 e. The third kappa shape index (κ3) is 3.28. The maximum Gasteiger partial charge on any atom is 0.227 e. The molecule has 2 bridgehead atoms. The van der Waals surface area contributed by atoms with Crippen LogP contribution in [0.5, 0.6) is 0 Å². The zero-order valence-electron chi connectivity index (χ0n) is 15.2. The first-order valence-electron chi connectivity index (χ1n) is 9.09. The van der Waals surface area contributed by atoms with E-state index >= 15 is 0 Å². The molecule has 2 saturated heterocycles. The van der Waals surface area contributed by atoms with Crippen LogP contribution in [0.25, 0.3) is 21.5 Å². The summed E-state index contributed by atoms with van der Waals surface area (Å²) in [5.41, 5.74) is 8.25. The van der Waals surface area contributed by atoms with Gasteiger partial charge in [0.05, 0.1) is 40.2 Å². The predicted molar refractivity (Wildman–Crippen MR) is 112 cm³/mol. The summed E-state index contributed by atoms with van der Waals surface area (Å²) >= 11 is 5.23.